The molecule has 3 aromatic rings. The van der Waals surface area contributed by atoms with Crippen molar-refractivity contribution in [1.82, 2.24) is 9.88 Å². The second-order valence-corrected chi connectivity index (χ2v) is 9.38. The van der Waals surface area contributed by atoms with Crippen LogP contribution in [0, 0.1) is 11.7 Å². The number of amides is 3. The summed E-state index contributed by atoms with van der Waals surface area (Å²) in [6, 6.07) is 11.3. The molecule has 3 amide bonds. The molecule has 0 radical (unpaired) electrons. The zero-order valence-corrected chi connectivity index (χ0v) is 19.2. The van der Waals surface area contributed by atoms with E-state index in [1.807, 2.05) is 23.6 Å². The number of benzene rings is 2. The number of carbonyl (C=O) groups is 3. The summed E-state index contributed by atoms with van der Waals surface area (Å²) < 4.78 is 13.1. The average molecular weight is 479 g/mol. The Bertz CT molecular complexity index is 1250. The van der Waals surface area contributed by atoms with Gasteiger partial charge in [0.2, 0.25) is 11.8 Å². The Morgan fingerprint density at radius 1 is 1.09 bits per heavy atom. The van der Waals surface area contributed by atoms with Crippen molar-refractivity contribution in [1.29, 1.82) is 0 Å². The first-order chi connectivity index (χ1) is 16.5. The van der Waals surface area contributed by atoms with Crippen LogP contribution < -0.4 is 10.6 Å². The van der Waals surface area contributed by atoms with Crippen LogP contribution in [0.1, 0.15) is 35.2 Å². The molecule has 0 aliphatic carbocycles. The van der Waals surface area contributed by atoms with E-state index < -0.39 is 0 Å². The van der Waals surface area contributed by atoms with Gasteiger partial charge in [-0.2, -0.15) is 0 Å². The standard InChI is InChI=1S/C25H23FN4O3S/c26-19-5-1-16(2-6-19)24(33)30-11-9-15(10-12-30)23(32)29-25-28-21(14-34-25)18-3-7-20-17(13-18)4-8-22(31)27-20/h1-3,5-7,13-15H,4,8-12H2,(H,27,31)(H,28,29,32). The van der Waals surface area contributed by atoms with Gasteiger partial charge in [-0.05, 0) is 61.2 Å². The fraction of sp³-hybridized carbons (Fsp3) is 0.280. The van der Waals surface area contributed by atoms with Gasteiger partial charge in [-0.25, -0.2) is 9.37 Å². The average Bonchev–Trinajstić information content (AvgIpc) is 3.32. The topological polar surface area (TPSA) is 91.4 Å². The van der Waals surface area contributed by atoms with Crippen molar-refractivity contribution in [3.05, 3.63) is 64.8 Å². The smallest absolute Gasteiger partial charge is 0.253 e. The predicted octanol–water partition coefficient (Wildman–Crippen LogP) is 4.32. The number of halogens is 1. The van der Waals surface area contributed by atoms with Crippen molar-refractivity contribution in [2.24, 2.45) is 5.92 Å². The molecule has 0 spiro atoms. The molecule has 7 nitrogen and oxygen atoms in total. The second kappa shape index (κ2) is 9.34. The Balaban J connectivity index is 1.17. The summed E-state index contributed by atoms with van der Waals surface area (Å²) >= 11 is 1.37. The highest BCUT2D eigenvalue weighted by Gasteiger charge is 2.28. The minimum absolute atomic E-state index is 0.0320. The molecule has 0 bridgehead atoms. The lowest BCUT2D eigenvalue weighted by molar-refractivity contribution is -0.121. The lowest BCUT2D eigenvalue weighted by Crippen LogP contribution is -2.41. The van der Waals surface area contributed by atoms with Crippen LogP contribution >= 0.6 is 11.3 Å². The highest BCUT2D eigenvalue weighted by Crippen LogP contribution is 2.31. The number of hydrogen-bond acceptors (Lipinski definition) is 5. The molecule has 0 atom stereocenters. The van der Waals surface area contributed by atoms with Gasteiger partial charge in [0, 0.05) is 47.6 Å². The van der Waals surface area contributed by atoms with Crippen LogP contribution in [0.5, 0.6) is 0 Å². The predicted molar refractivity (Wildman–Crippen MR) is 128 cm³/mol. The van der Waals surface area contributed by atoms with E-state index in [0.717, 1.165) is 22.5 Å². The van der Waals surface area contributed by atoms with Crippen LogP contribution in [0.25, 0.3) is 11.3 Å². The van der Waals surface area contributed by atoms with Gasteiger partial charge in [0.05, 0.1) is 5.69 Å². The van der Waals surface area contributed by atoms with Crippen molar-refractivity contribution < 1.29 is 18.8 Å². The summed E-state index contributed by atoms with van der Waals surface area (Å²) in [5.41, 5.74) is 4.09. The summed E-state index contributed by atoms with van der Waals surface area (Å²) in [5, 5.41) is 8.24. The highest BCUT2D eigenvalue weighted by atomic mass is 32.1. The van der Waals surface area contributed by atoms with Crippen LogP contribution in [0.4, 0.5) is 15.2 Å². The number of hydrogen-bond donors (Lipinski definition) is 2. The molecule has 174 valence electrons. The molecule has 3 heterocycles. The maximum atomic E-state index is 13.1. The van der Waals surface area contributed by atoms with Crippen molar-refractivity contribution >= 4 is 39.9 Å². The molecule has 2 N–H and O–H groups in total. The molecule has 1 fully saturated rings. The van der Waals surface area contributed by atoms with Gasteiger partial charge in [0.1, 0.15) is 5.82 Å². The molecule has 1 aromatic heterocycles. The fourth-order valence-corrected chi connectivity index (χ4v) is 5.06. The Kier molecular flexibility index (Phi) is 6.10. The van der Waals surface area contributed by atoms with Crippen LogP contribution in [-0.4, -0.2) is 40.7 Å². The van der Waals surface area contributed by atoms with E-state index >= 15 is 0 Å². The number of anilines is 2. The largest absolute Gasteiger partial charge is 0.339 e. The Labute approximate surface area is 200 Å². The molecule has 9 heteroatoms. The first kappa shape index (κ1) is 22.2. The van der Waals surface area contributed by atoms with Gasteiger partial charge in [-0.1, -0.05) is 6.07 Å². The van der Waals surface area contributed by atoms with Crippen molar-refractivity contribution in [3.63, 3.8) is 0 Å². The Morgan fingerprint density at radius 3 is 2.62 bits per heavy atom. The summed E-state index contributed by atoms with van der Waals surface area (Å²) in [5.74, 6) is -0.782. The zero-order chi connectivity index (χ0) is 23.7. The van der Waals surface area contributed by atoms with E-state index in [-0.39, 0.29) is 29.5 Å². The van der Waals surface area contributed by atoms with E-state index in [9.17, 15) is 18.8 Å². The zero-order valence-electron chi connectivity index (χ0n) is 18.3. The summed E-state index contributed by atoms with van der Waals surface area (Å²) in [6.07, 6.45) is 2.30. The maximum absolute atomic E-state index is 13.1. The lowest BCUT2D eigenvalue weighted by atomic mass is 9.95. The lowest BCUT2D eigenvalue weighted by Gasteiger charge is -2.31. The third-order valence-electron chi connectivity index (χ3n) is 6.27. The molecular formula is C25H23FN4O3S. The number of thiazole rings is 1. The summed E-state index contributed by atoms with van der Waals surface area (Å²) in [6.45, 7) is 0.951. The summed E-state index contributed by atoms with van der Waals surface area (Å²) in [7, 11) is 0. The van der Waals surface area contributed by atoms with Gasteiger partial charge >= 0.3 is 0 Å². The molecule has 1 saturated heterocycles. The third-order valence-corrected chi connectivity index (χ3v) is 7.03. The molecule has 34 heavy (non-hydrogen) atoms. The molecule has 0 unspecified atom stereocenters. The first-order valence-electron chi connectivity index (χ1n) is 11.2. The molecule has 2 aromatic carbocycles. The van der Waals surface area contributed by atoms with Gasteiger partial charge in [-0.3, -0.25) is 14.4 Å². The van der Waals surface area contributed by atoms with Crippen molar-refractivity contribution in [3.8, 4) is 11.3 Å². The Morgan fingerprint density at radius 2 is 1.85 bits per heavy atom. The SMILES string of the molecule is O=C1CCc2cc(-c3csc(NC(=O)C4CCN(C(=O)c5ccc(F)cc5)CC4)n3)ccc2N1. The van der Waals surface area contributed by atoms with E-state index in [0.29, 0.717) is 49.5 Å². The van der Waals surface area contributed by atoms with Crippen LogP contribution in [0.3, 0.4) is 0 Å². The first-order valence-corrected chi connectivity index (χ1v) is 12.1. The van der Waals surface area contributed by atoms with Gasteiger partial charge in [0.15, 0.2) is 5.13 Å². The second-order valence-electron chi connectivity index (χ2n) is 8.52. The molecule has 5 rings (SSSR count). The minimum Gasteiger partial charge on any atom is -0.339 e. The van der Waals surface area contributed by atoms with Crippen LogP contribution in [0.15, 0.2) is 47.8 Å². The molecule has 2 aliphatic rings. The summed E-state index contributed by atoms with van der Waals surface area (Å²) in [4.78, 5) is 43.2. The quantitative estimate of drug-likeness (QED) is 0.584. The molecular weight excluding hydrogens is 455 g/mol. The van der Waals surface area contributed by atoms with Crippen LogP contribution in [0.2, 0.25) is 0 Å². The van der Waals surface area contributed by atoms with E-state index in [1.165, 1.54) is 35.6 Å². The number of likely N-dealkylation sites (tertiary alicyclic amines) is 1. The maximum Gasteiger partial charge on any atom is 0.253 e. The number of rotatable bonds is 4. The highest BCUT2D eigenvalue weighted by molar-refractivity contribution is 7.14. The van der Waals surface area contributed by atoms with E-state index in [4.69, 9.17) is 0 Å². The molecule has 2 aliphatic heterocycles. The van der Waals surface area contributed by atoms with E-state index in [2.05, 4.69) is 15.6 Å². The monoisotopic (exact) mass is 478 g/mol. The van der Waals surface area contributed by atoms with Gasteiger partial charge < -0.3 is 15.5 Å². The van der Waals surface area contributed by atoms with Crippen molar-refractivity contribution in [2.45, 2.75) is 25.7 Å². The number of aryl methyl sites for hydroxylation is 1. The Hall–Kier alpha value is -3.59. The number of fused-ring (bicyclic) bond motifs is 1. The number of aromatic nitrogens is 1. The van der Waals surface area contributed by atoms with Gasteiger partial charge in [0.25, 0.3) is 5.91 Å². The number of carbonyl (C=O) groups excluding carboxylic acids is 3. The number of nitrogens with one attached hydrogen (secondary N) is 2. The van der Waals surface area contributed by atoms with Gasteiger partial charge in [-0.15, -0.1) is 11.3 Å². The van der Waals surface area contributed by atoms with Crippen LogP contribution in [-0.2, 0) is 16.0 Å². The molecule has 0 saturated carbocycles. The third kappa shape index (κ3) is 4.70. The number of nitrogens with zero attached hydrogens (tertiary/aromatic N) is 2. The minimum atomic E-state index is -0.377. The number of piperidine rings is 1. The fourth-order valence-electron chi connectivity index (χ4n) is 4.33. The van der Waals surface area contributed by atoms with E-state index in [1.54, 1.807) is 4.90 Å². The van der Waals surface area contributed by atoms with Crippen molar-refractivity contribution in [2.75, 3.05) is 23.7 Å². The normalized spacial score (nSPS) is 16.0.